The first-order chi connectivity index (χ1) is 16.5. The summed E-state index contributed by atoms with van der Waals surface area (Å²) in [6.45, 7) is -0.0000681. The molecule has 34 heavy (non-hydrogen) atoms. The van der Waals surface area contributed by atoms with Crippen LogP contribution in [0.2, 0.25) is 5.02 Å². The van der Waals surface area contributed by atoms with E-state index in [2.05, 4.69) is 15.5 Å². The predicted octanol–water partition coefficient (Wildman–Crippen LogP) is 5.38. The van der Waals surface area contributed by atoms with Crippen molar-refractivity contribution in [1.29, 1.82) is 0 Å². The SMILES string of the molecule is COc1ccc(NC(=O)CSc2nnc(COc3ccccc3F)n2-c2ccccc2)cc1Cl. The summed E-state index contributed by atoms with van der Waals surface area (Å²) in [6, 6.07) is 20.6. The average Bonchev–Trinajstić information content (AvgIpc) is 3.26. The Morgan fingerprint density at radius 1 is 1.06 bits per heavy atom. The summed E-state index contributed by atoms with van der Waals surface area (Å²) in [4.78, 5) is 12.5. The van der Waals surface area contributed by atoms with E-state index >= 15 is 0 Å². The van der Waals surface area contributed by atoms with Gasteiger partial charge >= 0.3 is 0 Å². The maximum Gasteiger partial charge on any atom is 0.234 e. The molecule has 4 rings (SSSR count). The van der Waals surface area contributed by atoms with E-state index in [1.807, 2.05) is 30.3 Å². The van der Waals surface area contributed by atoms with Gasteiger partial charge in [0.05, 0.1) is 17.9 Å². The van der Waals surface area contributed by atoms with E-state index in [0.717, 1.165) is 5.69 Å². The Morgan fingerprint density at radius 2 is 1.82 bits per heavy atom. The van der Waals surface area contributed by atoms with Crippen LogP contribution in [0.15, 0.2) is 78.0 Å². The molecule has 0 aliphatic rings. The van der Waals surface area contributed by atoms with Crippen LogP contribution in [-0.4, -0.2) is 33.5 Å². The molecule has 0 atom stereocenters. The van der Waals surface area contributed by atoms with Gasteiger partial charge in [0.15, 0.2) is 22.5 Å². The van der Waals surface area contributed by atoms with Gasteiger partial charge in [0.1, 0.15) is 12.4 Å². The molecule has 0 saturated carbocycles. The number of amides is 1. The molecule has 7 nitrogen and oxygen atoms in total. The number of methoxy groups -OCH3 is 1. The molecule has 0 unspecified atom stereocenters. The van der Waals surface area contributed by atoms with Crippen LogP contribution in [0.3, 0.4) is 0 Å². The van der Waals surface area contributed by atoms with Gasteiger partial charge < -0.3 is 14.8 Å². The first-order valence-corrected chi connectivity index (χ1v) is 11.5. The van der Waals surface area contributed by atoms with E-state index in [1.165, 1.54) is 24.9 Å². The maximum atomic E-state index is 13.9. The molecule has 0 saturated heterocycles. The Balaban J connectivity index is 1.48. The van der Waals surface area contributed by atoms with Gasteiger partial charge in [0.25, 0.3) is 0 Å². The zero-order valence-corrected chi connectivity index (χ0v) is 19.6. The van der Waals surface area contributed by atoms with E-state index in [4.69, 9.17) is 21.1 Å². The second-order valence-electron chi connectivity index (χ2n) is 6.98. The summed E-state index contributed by atoms with van der Waals surface area (Å²) in [5.74, 6) is 0.505. The van der Waals surface area contributed by atoms with E-state index < -0.39 is 5.82 Å². The molecule has 10 heteroatoms. The number of carbonyl (C=O) groups is 1. The van der Waals surface area contributed by atoms with E-state index in [1.54, 1.807) is 41.0 Å². The largest absolute Gasteiger partial charge is 0.495 e. The summed E-state index contributed by atoms with van der Waals surface area (Å²) >= 11 is 7.34. The summed E-state index contributed by atoms with van der Waals surface area (Å²) in [5, 5.41) is 12.1. The minimum atomic E-state index is -0.460. The molecule has 1 aromatic heterocycles. The lowest BCUT2D eigenvalue weighted by molar-refractivity contribution is -0.113. The highest BCUT2D eigenvalue weighted by Gasteiger charge is 2.17. The fraction of sp³-hybridized carbons (Fsp3) is 0.125. The van der Waals surface area contributed by atoms with Crippen LogP contribution in [0.1, 0.15) is 5.82 Å². The molecule has 0 aliphatic carbocycles. The molecule has 174 valence electrons. The lowest BCUT2D eigenvalue weighted by Crippen LogP contribution is -2.15. The zero-order chi connectivity index (χ0) is 23.9. The number of rotatable bonds is 9. The van der Waals surface area contributed by atoms with Crippen molar-refractivity contribution in [2.45, 2.75) is 11.8 Å². The molecule has 1 amide bonds. The van der Waals surface area contributed by atoms with Crippen molar-refractivity contribution in [2.24, 2.45) is 0 Å². The fourth-order valence-electron chi connectivity index (χ4n) is 3.10. The standard InChI is InChI=1S/C24H20ClFN4O3S/c1-32-20-12-11-16(13-18(20)25)27-23(31)15-34-24-29-28-22(30(24)17-7-3-2-4-8-17)14-33-21-10-6-5-9-19(21)26/h2-13H,14-15H2,1H3,(H,27,31). The number of ether oxygens (including phenoxy) is 2. The van der Waals surface area contributed by atoms with Crippen molar-refractivity contribution < 1.29 is 18.7 Å². The summed E-state index contributed by atoms with van der Waals surface area (Å²) in [6.07, 6.45) is 0. The number of carbonyl (C=O) groups excluding carboxylic acids is 1. The number of halogens is 2. The highest BCUT2D eigenvalue weighted by Crippen LogP contribution is 2.28. The average molecular weight is 499 g/mol. The molecule has 4 aromatic rings. The molecular formula is C24H20ClFN4O3S. The normalized spacial score (nSPS) is 10.7. The Labute approximate surface area is 204 Å². The van der Waals surface area contributed by atoms with E-state index in [0.29, 0.717) is 27.4 Å². The number of para-hydroxylation sites is 2. The monoisotopic (exact) mass is 498 g/mol. The second kappa shape index (κ2) is 11.0. The minimum absolute atomic E-state index is 0.0000681. The molecule has 0 fully saturated rings. The van der Waals surface area contributed by atoms with Crippen LogP contribution < -0.4 is 14.8 Å². The molecule has 0 radical (unpaired) electrons. The van der Waals surface area contributed by atoms with Gasteiger partial charge in [-0.2, -0.15) is 0 Å². The Bertz CT molecular complexity index is 1290. The zero-order valence-electron chi connectivity index (χ0n) is 18.1. The van der Waals surface area contributed by atoms with Gasteiger partial charge in [0, 0.05) is 11.4 Å². The van der Waals surface area contributed by atoms with Gasteiger partial charge in [-0.05, 0) is 42.5 Å². The van der Waals surface area contributed by atoms with Gasteiger partial charge in [-0.15, -0.1) is 10.2 Å². The third kappa shape index (κ3) is 5.67. The minimum Gasteiger partial charge on any atom is -0.495 e. The third-order valence-corrected chi connectivity index (χ3v) is 5.90. The number of thioether (sulfide) groups is 1. The van der Waals surface area contributed by atoms with Crippen LogP contribution >= 0.6 is 23.4 Å². The molecule has 3 aromatic carbocycles. The number of anilines is 1. The smallest absolute Gasteiger partial charge is 0.234 e. The van der Waals surface area contributed by atoms with E-state index in [-0.39, 0.29) is 24.0 Å². The van der Waals surface area contributed by atoms with Crippen LogP contribution in [0.5, 0.6) is 11.5 Å². The van der Waals surface area contributed by atoms with Crippen LogP contribution in [0.25, 0.3) is 5.69 Å². The van der Waals surface area contributed by atoms with Gasteiger partial charge in [-0.25, -0.2) is 4.39 Å². The summed E-state index contributed by atoms with van der Waals surface area (Å²) < 4.78 is 26.5. The van der Waals surface area contributed by atoms with Crippen molar-refractivity contribution in [1.82, 2.24) is 14.8 Å². The number of hydrogen-bond acceptors (Lipinski definition) is 6. The Kier molecular flexibility index (Phi) is 7.66. The van der Waals surface area contributed by atoms with Crippen molar-refractivity contribution in [3.8, 4) is 17.2 Å². The molecule has 0 spiro atoms. The lowest BCUT2D eigenvalue weighted by atomic mass is 10.3. The topological polar surface area (TPSA) is 78.3 Å². The van der Waals surface area contributed by atoms with E-state index in [9.17, 15) is 9.18 Å². The first-order valence-electron chi connectivity index (χ1n) is 10.2. The van der Waals surface area contributed by atoms with Gasteiger partial charge in [-0.1, -0.05) is 53.7 Å². The van der Waals surface area contributed by atoms with Crippen molar-refractivity contribution in [3.05, 3.63) is 89.5 Å². The van der Waals surface area contributed by atoms with Crippen LogP contribution in [0, 0.1) is 5.82 Å². The molecule has 0 aliphatic heterocycles. The first kappa shape index (κ1) is 23.6. The maximum absolute atomic E-state index is 13.9. The van der Waals surface area contributed by atoms with Gasteiger partial charge in [-0.3, -0.25) is 9.36 Å². The third-order valence-electron chi connectivity index (χ3n) is 4.68. The number of nitrogens with one attached hydrogen (secondary N) is 1. The molecule has 1 heterocycles. The Hall–Kier alpha value is -3.56. The number of hydrogen-bond donors (Lipinski definition) is 1. The number of nitrogens with zero attached hydrogens (tertiary/aromatic N) is 3. The highest BCUT2D eigenvalue weighted by atomic mass is 35.5. The summed E-state index contributed by atoms with van der Waals surface area (Å²) in [7, 11) is 1.52. The van der Waals surface area contributed by atoms with Crippen molar-refractivity contribution in [2.75, 3.05) is 18.2 Å². The summed E-state index contributed by atoms with van der Waals surface area (Å²) in [5.41, 5.74) is 1.35. The van der Waals surface area contributed by atoms with Gasteiger partial charge in [0.2, 0.25) is 5.91 Å². The predicted molar refractivity (Wildman–Crippen MR) is 129 cm³/mol. The number of benzene rings is 3. The van der Waals surface area contributed by atoms with Crippen molar-refractivity contribution in [3.63, 3.8) is 0 Å². The molecular weight excluding hydrogens is 479 g/mol. The molecule has 1 N–H and O–H groups in total. The quantitative estimate of drug-likeness (QED) is 0.312. The lowest BCUT2D eigenvalue weighted by Gasteiger charge is -2.12. The second-order valence-corrected chi connectivity index (χ2v) is 8.32. The number of aromatic nitrogens is 3. The fourth-order valence-corrected chi connectivity index (χ4v) is 4.13. The molecule has 0 bridgehead atoms. The van der Waals surface area contributed by atoms with Crippen LogP contribution in [-0.2, 0) is 11.4 Å². The Morgan fingerprint density at radius 3 is 2.56 bits per heavy atom. The highest BCUT2D eigenvalue weighted by molar-refractivity contribution is 7.99. The van der Waals surface area contributed by atoms with Crippen LogP contribution in [0.4, 0.5) is 10.1 Å². The van der Waals surface area contributed by atoms with Crippen molar-refractivity contribution >= 4 is 35.0 Å².